The Bertz CT molecular complexity index is 1110. The second-order valence-corrected chi connectivity index (χ2v) is 6.86. The molecule has 1 saturated carbocycles. The molecule has 3 aromatic rings. The molecule has 0 unspecified atom stereocenters. The maximum atomic E-state index is 14.2. The molecule has 144 valence electrons. The summed E-state index contributed by atoms with van der Waals surface area (Å²) in [5.41, 5.74) is 0.804. The number of carbonyl (C=O) groups excluding carboxylic acids is 1. The van der Waals surface area contributed by atoms with Crippen LogP contribution in [0.25, 0.3) is 10.8 Å². The highest BCUT2D eigenvalue weighted by molar-refractivity contribution is 5.89. The molecule has 0 saturated heterocycles. The zero-order chi connectivity index (χ0) is 19.7. The van der Waals surface area contributed by atoms with Gasteiger partial charge in [-0.3, -0.25) is 4.79 Å². The quantitative estimate of drug-likeness (QED) is 0.684. The molecule has 0 amide bonds. The molecule has 1 aliphatic carbocycles. The normalized spacial score (nSPS) is 13.9. The van der Waals surface area contributed by atoms with Gasteiger partial charge in [0.15, 0.2) is 0 Å². The zero-order valence-corrected chi connectivity index (χ0v) is 15.3. The number of benzene rings is 2. The summed E-state index contributed by atoms with van der Waals surface area (Å²) in [6.45, 7) is 0. The van der Waals surface area contributed by atoms with Gasteiger partial charge in [-0.05, 0) is 55.2 Å². The number of nitrogens with zero attached hydrogens (tertiary/aromatic N) is 1. The molecule has 6 nitrogen and oxygen atoms in total. The molecule has 0 aliphatic heterocycles. The highest BCUT2D eigenvalue weighted by atomic mass is 19.1. The minimum absolute atomic E-state index is 0.123. The molecular weight excluding hydrogens is 363 g/mol. The van der Waals surface area contributed by atoms with Crippen molar-refractivity contribution in [2.75, 3.05) is 7.11 Å². The summed E-state index contributed by atoms with van der Waals surface area (Å²) < 4.78 is 24.7. The summed E-state index contributed by atoms with van der Waals surface area (Å²) in [4.78, 5) is 23.7. The largest absolute Gasteiger partial charge is 0.490 e. The van der Waals surface area contributed by atoms with Crippen LogP contribution in [-0.2, 0) is 11.2 Å². The molecule has 1 fully saturated rings. The summed E-state index contributed by atoms with van der Waals surface area (Å²) in [5, 5.41) is 7.80. The summed E-state index contributed by atoms with van der Waals surface area (Å²) >= 11 is 0. The summed E-state index contributed by atoms with van der Waals surface area (Å²) in [7, 11) is 1.20. The lowest BCUT2D eigenvalue weighted by molar-refractivity contribution is 0.0595. The van der Waals surface area contributed by atoms with E-state index < -0.39 is 11.8 Å². The molecule has 0 radical (unpaired) electrons. The molecule has 1 aliphatic rings. The van der Waals surface area contributed by atoms with Crippen LogP contribution < -0.4 is 10.3 Å². The van der Waals surface area contributed by atoms with Crippen LogP contribution in [0.5, 0.6) is 5.75 Å². The Kier molecular flexibility index (Phi) is 4.81. The Morgan fingerprint density at radius 3 is 2.71 bits per heavy atom. The maximum Gasteiger partial charge on any atom is 0.340 e. The second-order valence-electron chi connectivity index (χ2n) is 6.86. The predicted molar refractivity (Wildman–Crippen MR) is 101 cm³/mol. The third-order valence-corrected chi connectivity index (χ3v) is 5.00. The third kappa shape index (κ3) is 3.47. The van der Waals surface area contributed by atoms with Crippen molar-refractivity contribution in [2.24, 2.45) is 0 Å². The fourth-order valence-electron chi connectivity index (χ4n) is 3.23. The number of methoxy groups -OCH3 is 1. The fourth-order valence-corrected chi connectivity index (χ4v) is 3.23. The van der Waals surface area contributed by atoms with Crippen LogP contribution in [0.3, 0.4) is 0 Å². The van der Waals surface area contributed by atoms with Gasteiger partial charge in [0.25, 0.3) is 5.56 Å². The highest BCUT2D eigenvalue weighted by Gasteiger charge is 2.20. The van der Waals surface area contributed by atoms with Crippen molar-refractivity contribution < 1.29 is 18.7 Å². The number of hydrogen-bond acceptors (Lipinski definition) is 5. The minimum atomic E-state index is -0.727. The monoisotopic (exact) mass is 382 g/mol. The van der Waals surface area contributed by atoms with E-state index in [9.17, 15) is 14.0 Å². The van der Waals surface area contributed by atoms with Gasteiger partial charge in [0.1, 0.15) is 11.6 Å². The molecule has 2 aromatic carbocycles. The molecule has 0 bridgehead atoms. The average molecular weight is 382 g/mol. The molecule has 4 rings (SSSR count). The Labute approximate surface area is 160 Å². The molecular formula is C21H19FN2O4. The second kappa shape index (κ2) is 7.42. The number of H-pyrrole nitrogens is 1. The topological polar surface area (TPSA) is 81.3 Å². The van der Waals surface area contributed by atoms with Crippen LogP contribution in [0.4, 0.5) is 4.39 Å². The summed E-state index contributed by atoms with van der Waals surface area (Å²) in [6.07, 6.45) is 3.74. The highest BCUT2D eigenvalue weighted by Crippen LogP contribution is 2.28. The number of esters is 1. The first-order valence-electron chi connectivity index (χ1n) is 9.10. The fraction of sp³-hybridized carbons (Fsp3) is 0.286. The third-order valence-electron chi connectivity index (χ3n) is 5.00. The van der Waals surface area contributed by atoms with Crippen LogP contribution in [0.15, 0.2) is 41.2 Å². The van der Waals surface area contributed by atoms with Crippen molar-refractivity contribution in [1.29, 1.82) is 0 Å². The number of rotatable bonds is 5. The lowest BCUT2D eigenvalue weighted by Crippen LogP contribution is -2.24. The van der Waals surface area contributed by atoms with Crippen molar-refractivity contribution >= 4 is 16.7 Å². The predicted octanol–water partition coefficient (Wildman–Crippen LogP) is 3.37. The van der Waals surface area contributed by atoms with Gasteiger partial charge in [-0.15, -0.1) is 0 Å². The van der Waals surface area contributed by atoms with Gasteiger partial charge >= 0.3 is 5.97 Å². The number of hydrogen-bond donors (Lipinski definition) is 1. The number of halogens is 1. The average Bonchev–Trinajstić information content (AvgIpc) is 2.66. The SMILES string of the molecule is COC(=O)c1ccc(Cc2n[nH]c(=O)c3ccc(OC4CCC4)cc23)cc1F. The first-order valence-corrected chi connectivity index (χ1v) is 9.10. The van der Waals surface area contributed by atoms with Crippen molar-refractivity contribution in [3.8, 4) is 5.75 Å². The summed E-state index contributed by atoms with van der Waals surface area (Å²) in [6, 6.07) is 9.61. The Morgan fingerprint density at radius 2 is 2.04 bits per heavy atom. The zero-order valence-electron chi connectivity index (χ0n) is 15.3. The van der Waals surface area contributed by atoms with E-state index in [4.69, 9.17) is 4.74 Å². The smallest absolute Gasteiger partial charge is 0.340 e. The number of aromatic nitrogens is 2. The Balaban J connectivity index is 1.68. The molecule has 0 atom stereocenters. The molecule has 7 heteroatoms. The number of fused-ring (bicyclic) bond motifs is 1. The van der Waals surface area contributed by atoms with Crippen LogP contribution in [-0.4, -0.2) is 29.4 Å². The van der Waals surface area contributed by atoms with Crippen molar-refractivity contribution in [2.45, 2.75) is 31.8 Å². The first-order chi connectivity index (χ1) is 13.5. The van der Waals surface area contributed by atoms with Crippen LogP contribution in [0.1, 0.15) is 40.9 Å². The van der Waals surface area contributed by atoms with Gasteiger partial charge in [-0.25, -0.2) is 14.3 Å². The van der Waals surface area contributed by atoms with Crippen LogP contribution in [0, 0.1) is 5.82 Å². The molecule has 28 heavy (non-hydrogen) atoms. The van der Waals surface area contributed by atoms with Gasteiger partial charge in [-0.2, -0.15) is 5.10 Å². The van der Waals surface area contributed by atoms with E-state index in [1.165, 1.54) is 19.2 Å². The first kappa shape index (κ1) is 18.2. The van der Waals surface area contributed by atoms with E-state index in [0.29, 0.717) is 34.2 Å². The van der Waals surface area contributed by atoms with E-state index in [1.807, 2.05) is 6.07 Å². The number of aromatic amines is 1. The van der Waals surface area contributed by atoms with Gasteiger partial charge in [0.05, 0.1) is 29.9 Å². The van der Waals surface area contributed by atoms with Gasteiger partial charge in [-0.1, -0.05) is 6.07 Å². The molecule has 0 spiro atoms. The molecule has 1 aromatic heterocycles. The van der Waals surface area contributed by atoms with Gasteiger partial charge in [0, 0.05) is 11.8 Å². The van der Waals surface area contributed by atoms with Crippen molar-refractivity contribution in [3.63, 3.8) is 0 Å². The van der Waals surface area contributed by atoms with Crippen LogP contribution in [0.2, 0.25) is 0 Å². The minimum Gasteiger partial charge on any atom is -0.490 e. The lowest BCUT2D eigenvalue weighted by atomic mass is 9.96. The van der Waals surface area contributed by atoms with E-state index >= 15 is 0 Å². The Hall–Kier alpha value is -3.22. The number of carbonyl (C=O) groups is 1. The van der Waals surface area contributed by atoms with Gasteiger partial charge < -0.3 is 9.47 Å². The number of nitrogens with one attached hydrogen (secondary N) is 1. The summed E-state index contributed by atoms with van der Waals surface area (Å²) in [5.74, 6) is -0.695. The standard InChI is InChI=1S/C21H19FN2O4/c1-27-21(26)16-7-5-12(9-18(16)22)10-19-17-11-14(28-13-3-2-4-13)6-8-15(17)20(25)24-23-19/h5-9,11,13H,2-4,10H2,1H3,(H,24,25). The Morgan fingerprint density at radius 1 is 1.21 bits per heavy atom. The molecule has 1 N–H and O–H groups in total. The van der Waals surface area contributed by atoms with E-state index in [2.05, 4.69) is 14.9 Å². The van der Waals surface area contributed by atoms with Crippen molar-refractivity contribution in [3.05, 3.63) is 69.4 Å². The van der Waals surface area contributed by atoms with E-state index in [1.54, 1.807) is 18.2 Å². The number of ether oxygens (including phenoxy) is 2. The maximum absolute atomic E-state index is 14.2. The van der Waals surface area contributed by atoms with Crippen LogP contribution >= 0.6 is 0 Å². The van der Waals surface area contributed by atoms with E-state index in [0.717, 1.165) is 19.3 Å². The van der Waals surface area contributed by atoms with E-state index in [-0.39, 0.29) is 17.2 Å². The lowest BCUT2D eigenvalue weighted by Gasteiger charge is -2.26. The van der Waals surface area contributed by atoms with Crippen molar-refractivity contribution in [1.82, 2.24) is 10.2 Å². The molecule has 1 heterocycles. The van der Waals surface area contributed by atoms with Gasteiger partial charge in [0.2, 0.25) is 0 Å².